The molecule has 5 nitrogen and oxygen atoms in total. The lowest BCUT2D eigenvalue weighted by atomic mass is 10.2. The Labute approximate surface area is 144 Å². The Hall–Kier alpha value is -2.10. The smallest absolute Gasteiger partial charge is 0.238 e. The highest BCUT2D eigenvalue weighted by molar-refractivity contribution is 9.10. The van der Waals surface area contributed by atoms with E-state index < -0.39 is 0 Å². The summed E-state index contributed by atoms with van der Waals surface area (Å²) < 4.78 is 6.16. The van der Waals surface area contributed by atoms with Crippen LogP contribution in [-0.2, 0) is 11.3 Å². The molecule has 23 heavy (non-hydrogen) atoms. The molecule has 6 heteroatoms. The number of nitriles is 1. The molecular weight excluding hydrogens is 358 g/mol. The van der Waals surface area contributed by atoms with E-state index in [1.165, 1.54) is 0 Å². The molecule has 1 heterocycles. The van der Waals surface area contributed by atoms with Gasteiger partial charge in [0.15, 0.2) is 0 Å². The first-order valence-electron chi connectivity index (χ1n) is 7.26. The van der Waals surface area contributed by atoms with Crippen LogP contribution in [0.4, 0.5) is 5.69 Å². The van der Waals surface area contributed by atoms with Crippen LogP contribution in [0.5, 0.6) is 0 Å². The highest BCUT2D eigenvalue weighted by atomic mass is 79.9. The first-order valence-corrected chi connectivity index (χ1v) is 8.05. The number of carbonyl (C=O) groups excluding carboxylic acids is 1. The van der Waals surface area contributed by atoms with Crippen molar-refractivity contribution >= 4 is 27.5 Å². The van der Waals surface area contributed by atoms with Crippen molar-refractivity contribution in [1.29, 1.82) is 5.26 Å². The van der Waals surface area contributed by atoms with Crippen LogP contribution in [0.15, 0.2) is 45.5 Å². The number of hydrogen-bond acceptors (Lipinski definition) is 4. The molecule has 0 aliphatic carbocycles. The lowest BCUT2D eigenvalue weighted by Gasteiger charge is -2.19. The molecule has 2 aromatic rings. The summed E-state index contributed by atoms with van der Waals surface area (Å²) in [5.41, 5.74) is 1.85. The van der Waals surface area contributed by atoms with Crippen LogP contribution in [0.3, 0.4) is 0 Å². The van der Waals surface area contributed by atoms with Gasteiger partial charge in [-0.2, -0.15) is 5.26 Å². The van der Waals surface area contributed by atoms with Crippen LogP contribution in [0.2, 0.25) is 0 Å². The van der Waals surface area contributed by atoms with Crippen LogP contribution in [0, 0.1) is 18.3 Å². The lowest BCUT2D eigenvalue weighted by molar-refractivity contribution is -0.117. The molecule has 1 aromatic carbocycles. The number of carbonyl (C=O) groups is 1. The zero-order valence-electron chi connectivity index (χ0n) is 12.9. The summed E-state index contributed by atoms with van der Waals surface area (Å²) in [4.78, 5) is 14.2. The number of rotatable bonds is 7. The average molecular weight is 376 g/mol. The monoisotopic (exact) mass is 375 g/mol. The predicted molar refractivity (Wildman–Crippen MR) is 91.7 cm³/mol. The van der Waals surface area contributed by atoms with Gasteiger partial charge in [0.05, 0.1) is 31.1 Å². The molecule has 0 radical (unpaired) electrons. The first-order chi connectivity index (χ1) is 11.1. The summed E-state index contributed by atoms with van der Waals surface area (Å²) >= 11 is 3.45. The normalized spacial score (nSPS) is 10.5. The van der Waals surface area contributed by atoms with Gasteiger partial charge in [-0.3, -0.25) is 9.69 Å². The molecule has 0 fully saturated rings. The number of nitrogens with zero attached hydrogens (tertiary/aromatic N) is 2. The molecule has 1 amide bonds. The number of furan rings is 1. The maximum absolute atomic E-state index is 12.3. The van der Waals surface area contributed by atoms with E-state index in [2.05, 4.69) is 27.3 Å². The highest BCUT2D eigenvalue weighted by Crippen LogP contribution is 2.23. The molecular formula is C17H18BrN3O2. The van der Waals surface area contributed by atoms with Gasteiger partial charge >= 0.3 is 0 Å². The van der Waals surface area contributed by atoms with Gasteiger partial charge in [0, 0.05) is 17.4 Å². The van der Waals surface area contributed by atoms with Crippen molar-refractivity contribution in [2.24, 2.45) is 0 Å². The lowest BCUT2D eigenvalue weighted by Crippen LogP contribution is -2.33. The quantitative estimate of drug-likeness (QED) is 0.800. The van der Waals surface area contributed by atoms with E-state index in [-0.39, 0.29) is 12.5 Å². The molecule has 0 spiro atoms. The Morgan fingerprint density at radius 2 is 2.26 bits per heavy atom. The molecule has 0 aliphatic heterocycles. The third kappa shape index (κ3) is 5.55. The minimum absolute atomic E-state index is 0.126. The van der Waals surface area contributed by atoms with Crippen LogP contribution >= 0.6 is 15.9 Å². The Kier molecular flexibility index (Phi) is 6.39. The van der Waals surface area contributed by atoms with Gasteiger partial charge < -0.3 is 9.73 Å². The van der Waals surface area contributed by atoms with Gasteiger partial charge in [-0.1, -0.05) is 6.07 Å². The SMILES string of the molecule is Cc1ccc(NC(=O)CN(CCC#N)Cc2ccco2)c(Br)c1. The van der Waals surface area contributed by atoms with E-state index >= 15 is 0 Å². The standard InChI is InChI=1S/C17H18BrN3O2/c1-13-5-6-16(15(18)10-13)20-17(22)12-21(8-3-7-19)11-14-4-2-9-23-14/h2,4-6,9-10H,3,8,11-12H2,1H3,(H,20,22). The zero-order chi connectivity index (χ0) is 16.7. The molecule has 0 unspecified atom stereocenters. The third-order valence-electron chi connectivity index (χ3n) is 3.27. The molecule has 0 atom stereocenters. The van der Waals surface area contributed by atoms with E-state index in [1.807, 2.05) is 36.1 Å². The van der Waals surface area contributed by atoms with Gasteiger partial charge in [0.2, 0.25) is 5.91 Å². The van der Waals surface area contributed by atoms with Crippen molar-refractivity contribution in [2.75, 3.05) is 18.4 Å². The van der Waals surface area contributed by atoms with E-state index in [9.17, 15) is 4.79 Å². The fraction of sp³-hybridized carbons (Fsp3) is 0.294. The third-order valence-corrected chi connectivity index (χ3v) is 3.92. The number of anilines is 1. The minimum atomic E-state index is -0.126. The summed E-state index contributed by atoms with van der Waals surface area (Å²) in [5.74, 6) is 0.645. The molecule has 0 saturated heterocycles. The molecule has 120 valence electrons. The molecule has 0 bridgehead atoms. The van der Waals surface area contributed by atoms with Gasteiger partial charge in [0.25, 0.3) is 0 Å². The number of nitrogens with one attached hydrogen (secondary N) is 1. The number of hydrogen-bond donors (Lipinski definition) is 1. The number of halogens is 1. The molecule has 2 rings (SSSR count). The van der Waals surface area contributed by atoms with Crippen LogP contribution in [0.25, 0.3) is 0 Å². The minimum Gasteiger partial charge on any atom is -0.468 e. The van der Waals surface area contributed by atoms with Crippen LogP contribution < -0.4 is 5.32 Å². The fourth-order valence-corrected chi connectivity index (χ4v) is 2.75. The first kappa shape index (κ1) is 17.3. The molecule has 0 aliphatic rings. The van der Waals surface area contributed by atoms with Crippen molar-refractivity contribution in [3.05, 3.63) is 52.4 Å². The number of amides is 1. The molecule has 1 aromatic heterocycles. The van der Waals surface area contributed by atoms with E-state index in [0.717, 1.165) is 21.5 Å². The van der Waals surface area contributed by atoms with Gasteiger partial charge in [-0.25, -0.2) is 0 Å². The summed E-state index contributed by atoms with van der Waals surface area (Å²) in [6, 6.07) is 11.5. The van der Waals surface area contributed by atoms with Gasteiger partial charge in [-0.15, -0.1) is 0 Å². The second-order valence-electron chi connectivity index (χ2n) is 5.23. The number of benzene rings is 1. The van der Waals surface area contributed by atoms with E-state index in [1.54, 1.807) is 12.3 Å². The highest BCUT2D eigenvalue weighted by Gasteiger charge is 2.13. The maximum atomic E-state index is 12.3. The van der Waals surface area contributed by atoms with Crippen LogP contribution in [-0.4, -0.2) is 23.9 Å². The van der Waals surface area contributed by atoms with Gasteiger partial charge in [0.1, 0.15) is 5.76 Å². The predicted octanol–water partition coefficient (Wildman–Crippen LogP) is 3.70. The Morgan fingerprint density at radius 1 is 1.43 bits per heavy atom. The number of aryl methyl sites for hydroxylation is 1. The second kappa shape index (κ2) is 8.51. The summed E-state index contributed by atoms with van der Waals surface area (Å²) in [5, 5.41) is 11.6. The van der Waals surface area contributed by atoms with Crippen molar-refractivity contribution in [1.82, 2.24) is 4.90 Å². The Morgan fingerprint density at radius 3 is 2.91 bits per heavy atom. The Bertz CT molecular complexity index is 692. The van der Waals surface area contributed by atoms with E-state index in [4.69, 9.17) is 9.68 Å². The Balaban J connectivity index is 1.97. The molecule has 0 saturated carbocycles. The van der Waals surface area contributed by atoms with Crippen molar-refractivity contribution in [3.8, 4) is 6.07 Å². The summed E-state index contributed by atoms with van der Waals surface area (Å²) in [6.45, 7) is 3.20. The topological polar surface area (TPSA) is 69.3 Å². The fourth-order valence-electron chi connectivity index (χ4n) is 2.16. The van der Waals surface area contributed by atoms with Crippen LogP contribution in [0.1, 0.15) is 17.7 Å². The van der Waals surface area contributed by atoms with Crippen molar-refractivity contribution < 1.29 is 9.21 Å². The summed E-state index contributed by atoms with van der Waals surface area (Å²) in [6.07, 6.45) is 1.96. The average Bonchev–Trinajstić information content (AvgIpc) is 3.00. The largest absolute Gasteiger partial charge is 0.468 e. The van der Waals surface area contributed by atoms with Gasteiger partial charge in [-0.05, 0) is 52.7 Å². The maximum Gasteiger partial charge on any atom is 0.238 e. The second-order valence-corrected chi connectivity index (χ2v) is 6.08. The van der Waals surface area contributed by atoms with Crippen molar-refractivity contribution in [3.63, 3.8) is 0 Å². The van der Waals surface area contributed by atoms with Crippen molar-refractivity contribution in [2.45, 2.75) is 19.9 Å². The molecule has 1 N–H and O–H groups in total. The summed E-state index contributed by atoms with van der Waals surface area (Å²) in [7, 11) is 0. The van der Waals surface area contributed by atoms with E-state index in [0.29, 0.717) is 19.5 Å². The zero-order valence-corrected chi connectivity index (χ0v) is 14.5.